The first-order valence-corrected chi connectivity index (χ1v) is 9.42. The fourth-order valence-corrected chi connectivity index (χ4v) is 3.27. The summed E-state index contributed by atoms with van der Waals surface area (Å²) in [5.74, 6) is -2.11. The number of aromatic amines is 1. The van der Waals surface area contributed by atoms with E-state index < -0.39 is 17.7 Å². The number of nitrogens with one attached hydrogen (secondary N) is 2. The summed E-state index contributed by atoms with van der Waals surface area (Å²) in [4.78, 5) is 33.8. The number of carbonyl (C=O) groups is 2. The fraction of sp³-hybridized carbons (Fsp3) is 0.316. The Bertz CT molecular complexity index is 1130. The molecule has 0 saturated carbocycles. The summed E-state index contributed by atoms with van der Waals surface area (Å²) in [5, 5.41) is 9.87. The number of benzene rings is 1. The van der Waals surface area contributed by atoms with Gasteiger partial charge in [0.25, 0.3) is 0 Å². The van der Waals surface area contributed by atoms with Crippen LogP contribution < -0.4 is 10.1 Å². The number of likely N-dealkylation sites (tertiary alicyclic amines) is 1. The van der Waals surface area contributed by atoms with E-state index in [9.17, 15) is 18.4 Å². The van der Waals surface area contributed by atoms with E-state index in [1.54, 1.807) is 4.90 Å². The normalized spacial score (nSPS) is 14.5. The van der Waals surface area contributed by atoms with Gasteiger partial charge in [0.15, 0.2) is 23.0 Å². The maximum absolute atomic E-state index is 13.7. The third-order valence-corrected chi connectivity index (χ3v) is 4.93. The molecule has 0 atom stereocenters. The average Bonchev–Trinajstić information content (AvgIpc) is 3.17. The number of piperidine rings is 1. The molecule has 0 unspecified atom stereocenters. The molecule has 1 aliphatic heterocycles. The van der Waals surface area contributed by atoms with E-state index in [4.69, 9.17) is 4.74 Å². The first kappa shape index (κ1) is 20.4. The summed E-state index contributed by atoms with van der Waals surface area (Å²) in [6, 6.07) is 2.70. The van der Waals surface area contributed by atoms with Gasteiger partial charge in [-0.2, -0.15) is 10.1 Å². The first-order chi connectivity index (χ1) is 14.9. The number of anilines is 1. The summed E-state index contributed by atoms with van der Waals surface area (Å²) < 4.78 is 36.7. The maximum atomic E-state index is 13.7. The monoisotopic (exact) mass is 432 g/mol. The number of rotatable bonds is 4. The van der Waals surface area contributed by atoms with Crippen molar-refractivity contribution in [3.63, 3.8) is 0 Å². The molecule has 0 radical (unpaired) electrons. The zero-order chi connectivity index (χ0) is 22.0. The molecule has 12 heteroatoms. The van der Waals surface area contributed by atoms with Gasteiger partial charge in [0.05, 0.1) is 12.5 Å². The molecule has 2 aromatic heterocycles. The largest absolute Gasteiger partial charge is 0.453 e. The second kappa shape index (κ2) is 8.50. The topological polar surface area (TPSA) is 122 Å². The molecule has 0 aliphatic carbocycles. The molecule has 1 fully saturated rings. The molecule has 2 amide bonds. The van der Waals surface area contributed by atoms with Crippen molar-refractivity contribution in [2.75, 3.05) is 25.5 Å². The van der Waals surface area contributed by atoms with E-state index in [0.29, 0.717) is 37.4 Å². The number of hydrogen-bond donors (Lipinski definition) is 2. The van der Waals surface area contributed by atoms with Gasteiger partial charge in [0, 0.05) is 31.3 Å². The average molecular weight is 432 g/mol. The Morgan fingerprint density at radius 1 is 1.26 bits per heavy atom. The number of H-pyrrole nitrogens is 1. The molecule has 162 valence electrons. The zero-order valence-electron chi connectivity index (χ0n) is 16.4. The van der Waals surface area contributed by atoms with Crippen molar-refractivity contribution >= 4 is 28.9 Å². The predicted molar refractivity (Wildman–Crippen MR) is 103 cm³/mol. The van der Waals surface area contributed by atoms with E-state index in [0.717, 1.165) is 12.1 Å². The maximum Gasteiger partial charge on any atom is 0.409 e. The highest BCUT2D eigenvalue weighted by Crippen LogP contribution is 2.26. The highest BCUT2D eigenvalue weighted by Gasteiger charge is 2.28. The highest BCUT2D eigenvalue weighted by atomic mass is 19.1. The van der Waals surface area contributed by atoms with E-state index in [1.807, 2.05) is 0 Å². The minimum atomic E-state index is -0.889. The van der Waals surface area contributed by atoms with Crippen LogP contribution in [0.3, 0.4) is 0 Å². The Morgan fingerprint density at radius 3 is 2.74 bits per heavy atom. The molecule has 0 spiro atoms. The van der Waals surface area contributed by atoms with E-state index in [1.165, 1.54) is 13.3 Å². The highest BCUT2D eigenvalue weighted by molar-refractivity contribution is 5.99. The van der Waals surface area contributed by atoms with E-state index in [-0.39, 0.29) is 35.1 Å². The summed E-state index contributed by atoms with van der Waals surface area (Å²) in [6.07, 6.45) is 1.97. The minimum absolute atomic E-state index is 0.172. The lowest BCUT2D eigenvalue weighted by Gasteiger charge is -2.29. The number of nitrogens with zero attached hydrogens (tertiary/aromatic N) is 4. The number of hydrogen-bond acceptors (Lipinski definition) is 7. The number of methoxy groups -OCH3 is 1. The smallest absolute Gasteiger partial charge is 0.409 e. The van der Waals surface area contributed by atoms with Gasteiger partial charge in [0.1, 0.15) is 5.82 Å². The summed E-state index contributed by atoms with van der Waals surface area (Å²) in [6.45, 7) is 0.853. The van der Waals surface area contributed by atoms with Crippen LogP contribution in [0.1, 0.15) is 12.8 Å². The van der Waals surface area contributed by atoms with Crippen LogP contribution in [0.25, 0.3) is 11.0 Å². The Labute approximate surface area is 174 Å². The molecule has 3 heterocycles. The number of halogens is 2. The molecule has 1 saturated heterocycles. The third-order valence-electron chi connectivity index (χ3n) is 4.93. The van der Waals surface area contributed by atoms with Crippen molar-refractivity contribution in [1.29, 1.82) is 0 Å². The van der Waals surface area contributed by atoms with Crippen molar-refractivity contribution in [2.45, 2.75) is 12.8 Å². The second-order valence-electron chi connectivity index (χ2n) is 6.88. The van der Waals surface area contributed by atoms with Crippen molar-refractivity contribution in [3.8, 4) is 11.8 Å². The molecule has 1 aromatic carbocycles. The van der Waals surface area contributed by atoms with Crippen molar-refractivity contribution in [3.05, 3.63) is 36.0 Å². The number of fused-ring (bicyclic) bond motifs is 1. The van der Waals surface area contributed by atoms with Crippen LogP contribution >= 0.6 is 0 Å². The van der Waals surface area contributed by atoms with Gasteiger partial charge in [-0.25, -0.2) is 18.6 Å². The minimum Gasteiger partial charge on any atom is -0.453 e. The number of aromatic nitrogens is 4. The van der Waals surface area contributed by atoms with Crippen LogP contribution in [0.4, 0.5) is 19.4 Å². The number of amides is 2. The third kappa shape index (κ3) is 4.37. The Balaban J connectivity index is 1.42. The van der Waals surface area contributed by atoms with Crippen LogP contribution in [-0.4, -0.2) is 57.3 Å². The van der Waals surface area contributed by atoms with Crippen LogP contribution in [0.15, 0.2) is 24.4 Å². The molecule has 3 aromatic rings. The Kier molecular flexibility index (Phi) is 5.60. The predicted octanol–water partition coefficient (Wildman–Crippen LogP) is 2.84. The van der Waals surface area contributed by atoms with Gasteiger partial charge < -0.3 is 19.7 Å². The van der Waals surface area contributed by atoms with Crippen LogP contribution in [0.5, 0.6) is 11.8 Å². The van der Waals surface area contributed by atoms with Crippen molar-refractivity contribution in [1.82, 2.24) is 25.1 Å². The summed E-state index contributed by atoms with van der Waals surface area (Å²) in [7, 11) is 1.32. The quantitative estimate of drug-likeness (QED) is 0.650. The lowest BCUT2D eigenvalue weighted by atomic mass is 9.96. The molecule has 31 heavy (non-hydrogen) atoms. The lowest BCUT2D eigenvalue weighted by molar-refractivity contribution is -0.121. The second-order valence-corrected chi connectivity index (χ2v) is 6.88. The van der Waals surface area contributed by atoms with Crippen LogP contribution in [0.2, 0.25) is 0 Å². The molecular formula is C19H18F2N6O4. The molecule has 1 aliphatic rings. The van der Waals surface area contributed by atoms with E-state index >= 15 is 0 Å². The molecule has 2 N–H and O–H groups in total. The lowest BCUT2D eigenvalue weighted by Crippen LogP contribution is -2.41. The van der Waals surface area contributed by atoms with Gasteiger partial charge in [-0.1, -0.05) is 0 Å². The van der Waals surface area contributed by atoms with Crippen LogP contribution in [0, 0.1) is 17.6 Å². The molecule has 4 rings (SSSR count). The van der Waals surface area contributed by atoms with Crippen molar-refractivity contribution in [2.24, 2.45) is 5.92 Å². The van der Waals surface area contributed by atoms with Gasteiger partial charge in [-0.3, -0.25) is 9.89 Å². The fourth-order valence-electron chi connectivity index (χ4n) is 3.27. The number of carbonyl (C=O) groups excluding carboxylic acids is 2. The van der Waals surface area contributed by atoms with Gasteiger partial charge >= 0.3 is 12.1 Å². The first-order valence-electron chi connectivity index (χ1n) is 9.42. The summed E-state index contributed by atoms with van der Waals surface area (Å²) >= 11 is 0. The van der Waals surface area contributed by atoms with Gasteiger partial charge in [-0.15, -0.1) is 0 Å². The van der Waals surface area contributed by atoms with Gasteiger partial charge in [0.2, 0.25) is 5.91 Å². The SMILES string of the molecule is COC(=O)N1CCC(C(=O)Nc2n[nH]c3nc(Oc4ccc(F)cc4F)ncc23)CC1. The standard InChI is InChI=1S/C19H18F2N6O4/c1-30-19(29)27-6-4-10(5-7-27)17(28)23-15-12-9-22-18(24-16(12)26-25-15)31-14-3-2-11(20)8-13(14)21/h2-3,8-10H,4-7H2,1H3,(H2,22,23,24,25,26,28). The van der Waals surface area contributed by atoms with Gasteiger partial charge in [-0.05, 0) is 25.0 Å². The van der Waals surface area contributed by atoms with E-state index in [2.05, 4.69) is 30.2 Å². The molecule has 0 bridgehead atoms. The zero-order valence-corrected chi connectivity index (χ0v) is 16.4. The summed E-state index contributed by atoms with van der Waals surface area (Å²) in [5.41, 5.74) is 0.267. The Morgan fingerprint density at radius 2 is 2.03 bits per heavy atom. The Hall–Kier alpha value is -3.83. The van der Waals surface area contributed by atoms with Crippen molar-refractivity contribution < 1.29 is 27.8 Å². The molecule has 10 nitrogen and oxygen atoms in total. The number of ether oxygens (including phenoxy) is 2. The van der Waals surface area contributed by atoms with Crippen LogP contribution in [-0.2, 0) is 9.53 Å². The molecular weight excluding hydrogens is 414 g/mol.